The maximum atomic E-state index is 14.0. The van der Waals surface area contributed by atoms with E-state index in [-0.39, 0.29) is 23.7 Å². The number of aromatic nitrogens is 5. The Hall–Kier alpha value is -3.56. The first kappa shape index (κ1) is 19.7. The Morgan fingerprint density at radius 2 is 1.60 bits per heavy atom. The third kappa shape index (κ3) is 4.22. The van der Waals surface area contributed by atoms with E-state index in [0.29, 0.717) is 30.6 Å². The standard InChI is InChI=1S/C20H21FN6O3/c1-28-19-24-18(25-20(26-19)29-2)27-11-7-13(8-12-27)16-17(23-10-9-22-16)30-15-6-4-3-5-14(15)21/h3-6,9-10,13H,7-8,11-12H2,1-2H3. The quantitative estimate of drug-likeness (QED) is 0.605. The summed E-state index contributed by atoms with van der Waals surface area (Å²) in [7, 11) is 2.99. The van der Waals surface area contributed by atoms with E-state index in [4.69, 9.17) is 14.2 Å². The third-order valence-corrected chi connectivity index (χ3v) is 4.85. The highest BCUT2D eigenvalue weighted by atomic mass is 19.1. The van der Waals surface area contributed by atoms with Crippen molar-refractivity contribution in [2.75, 3.05) is 32.2 Å². The molecular formula is C20H21FN6O3. The fraction of sp³-hybridized carbons (Fsp3) is 0.350. The lowest BCUT2D eigenvalue weighted by atomic mass is 9.93. The highest BCUT2D eigenvalue weighted by molar-refractivity contribution is 5.36. The van der Waals surface area contributed by atoms with Gasteiger partial charge in [0.1, 0.15) is 5.69 Å². The molecule has 0 saturated carbocycles. The fourth-order valence-electron chi connectivity index (χ4n) is 3.33. The summed E-state index contributed by atoms with van der Waals surface area (Å²) in [4.78, 5) is 23.4. The molecule has 3 heterocycles. The minimum atomic E-state index is -0.443. The van der Waals surface area contributed by atoms with Crippen molar-refractivity contribution in [3.05, 3.63) is 48.2 Å². The van der Waals surface area contributed by atoms with Crippen LogP contribution in [-0.4, -0.2) is 52.2 Å². The summed E-state index contributed by atoms with van der Waals surface area (Å²) >= 11 is 0. The van der Waals surface area contributed by atoms with Crippen LogP contribution in [0.25, 0.3) is 0 Å². The number of hydrogen-bond donors (Lipinski definition) is 0. The number of rotatable bonds is 6. The van der Waals surface area contributed by atoms with E-state index < -0.39 is 5.82 Å². The number of benzene rings is 1. The van der Waals surface area contributed by atoms with Gasteiger partial charge in [0, 0.05) is 31.4 Å². The summed E-state index contributed by atoms with van der Waals surface area (Å²) < 4.78 is 30.0. The van der Waals surface area contributed by atoms with Crippen molar-refractivity contribution in [1.29, 1.82) is 0 Å². The van der Waals surface area contributed by atoms with Crippen molar-refractivity contribution in [1.82, 2.24) is 24.9 Å². The first-order valence-electron chi connectivity index (χ1n) is 9.50. The molecule has 0 amide bonds. The number of piperidine rings is 1. The summed E-state index contributed by atoms with van der Waals surface area (Å²) in [5, 5.41) is 0. The third-order valence-electron chi connectivity index (χ3n) is 4.85. The lowest BCUT2D eigenvalue weighted by Gasteiger charge is -2.31. The molecule has 1 aliphatic rings. The first-order valence-corrected chi connectivity index (χ1v) is 9.50. The van der Waals surface area contributed by atoms with Crippen molar-refractivity contribution >= 4 is 5.95 Å². The molecule has 0 spiro atoms. The second-order valence-electron chi connectivity index (χ2n) is 6.65. The summed E-state index contributed by atoms with van der Waals surface area (Å²) in [6, 6.07) is 6.64. The van der Waals surface area contributed by atoms with Gasteiger partial charge in [-0.3, -0.25) is 4.98 Å². The number of hydrogen-bond acceptors (Lipinski definition) is 9. The van der Waals surface area contributed by atoms with Gasteiger partial charge in [-0.25, -0.2) is 9.37 Å². The summed E-state index contributed by atoms with van der Waals surface area (Å²) in [5.41, 5.74) is 0.714. The highest BCUT2D eigenvalue weighted by Gasteiger charge is 2.27. The van der Waals surface area contributed by atoms with Crippen molar-refractivity contribution in [3.8, 4) is 23.7 Å². The van der Waals surface area contributed by atoms with Crippen LogP contribution in [0.2, 0.25) is 0 Å². The van der Waals surface area contributed by atoms with Gasteiger partial charge in [0.05, 0.1) is 14.2 Å². The zero-order valence-electron chi connectivity index (χ0n) is 16.7. The molecule has 0 aliphatic carbocycles. The summed E-state index contributed by atoms with van der Waals surface area (Å²) in [5.74, 6) is 0.619. The number of methoxy groups -OCH3 is 2. The van der Waals surface area contributed by atoms with E-state index in [2.05, 4.69) is 24.9 Å². The predicted octanol–water partition coefficient (Wildman–Crippen LogP) is 2.99. The van der Waals surface area contributed by atoms with Crippen LogP contribution in [0.1, 0.15) is 24.5 Å². The van der Waals surface area contributed by atoms with Gasteiger partial charge < -0.3 is 19.1 Å². The molecule has 0 unspecified atom stereocenters. The van der Waals surface area contributed by atoms with Gasteiger partial charge in [-0.15, -0.1) is 4.98 Å². The van der Waals surface area contributed by atoms with Crippen molar-refractivity contribution in [3.63, 3.8) is 0 Å². The minimum absolute atomic E-state index is 0.113. The Morgan fingerprint density at radius 1 is 0.933 bits per heavy atom. The molecule has 1 aromatic carbocycles. The minimum Gasteiger partial charge on any atom is -0.467 e. The fourth-order valence-corrected chi connectivity index (χ4v) is 3.33. The van der Waals surface area contributed by atoms with E-state index in [1.54, 1.807) is 24.4 Å². The summed E-state index contributed by atoms with van der Waals surface area (Å²) in [6.07, 6.45) is 4.72. The Morgan fingerprint density at radius 3 is 2.27 bits per heavy atom. The highest BCUT2D eigenvalue weighted by Crippen LogP contribution is 2.35. The first-order chi connectivity index (χ1) is 14.7. The number of halogens is 1. The lowest BCUT2D eigenvalue weighted by molar-refractivity contribution is 0.338. The van der Waals surface area contributed by atoms with Gasteiger partial charge in [-0.2, -0.15) is 9.97 Å². The molecule has 10 heteroatoms. The topological polar surface area (TPSA) is 95.4 Å². The maximum Gasteiger partial charge on any atom is 0.324 e. The van der Waals surface area contributed by atoms with Crippen LogP contribution in [-0.2, 0) is 0 Å². The largest absolute Gasteiger partial charge is 0.467 e. The molecule has 4 rings (SSSR count). The molecule has 0 atom stereocenters. The van der Waals surface area contributed by atoms with Crippen LogP contribution in [0.5, 0.6) is 23.7 Å². The molecular weight excluding hydrogens is 391 g/mol. The van der Waals surface area contributed by atoms with Crippen LogP contribution < -0.4 is 19.1 Å². The molecule has 9 nitrogen and oxygen atoms in total. The molecule has 1 saturated heterocycles. The Kier molecular flexibility index (Phi) is 5.82. The monoisotopic (exact) mass is 412 g/mol. The zero-order valence-corrected chi connectivity index (χ0v) is 16.7. The van der Waals surface area contributed by atoms with Crippen molar-refractivity contribution in [2.45, 2.75) is 18.8 Å². The normalized spacial score (nSPS) is 14.4. The molecule has 0 bridgehead atoms. The van der Waals surface area contributed by atoms with E-state index in [1.807, 2.05) is 4.90 Å². The smallest absolute Gasteiger partial charge is 0.324 e. The van der Waals surface area contributed by atoms with Gasteiger partial charge in [-0.1, -0.05) is 12.1 Å². The number of ether oxygens (including phenoxy) is 3. The number of anilines is 1. The molecule has 1 aliphatic heterocycles. The molecule has 156 valence electrons. The molecule has 0 radical (unpaired) electrons. The van der Waals surface area contributed by atoms with E-state index in [9.17, 15) is 4.39 Å². The van der Waals surface area contributed by atoms with Crippen LogP contribution in [0.3, 0.4) is 0 Å². The van der Waals surface area contributed by atoms with Crippen LogP contribution in [0, 0.1) is 5.82 Å². The second kappa shape index (κ2) is 8.85. The maximum absolute atomic E-state index is 14.0. The van der Waals surface area contributed by atoms with Gasteiger partial charge in [0.25, 0.3) is 0 Å². The Balaban J connectivity index is 1.49. The number of nitrogens with zero attached hydrogens (tertiary/aromatic N) is 6. The average Bonchev–Trinajstić information content (AvgIpc) is 2.80. The van der Waals surface area contributed by atoms with Crippen LogP contribution in [0.4, 0.5) is 10.3 Å². The van der Waals surface area contributed by atoms with Gasteiger partial charge >= 0.3 is 12.0 Å². The number of para-hydroxylation sites is 1. The van der Waals surface area contributed by atoms with E-state index in [1.165, 1.54) is 26.5 Å². The van der Waals surface area contributed by atoms with Gasteiger partial charge in [0.15, 0.2) is 11.6 Å². The zero-order chi connectivity index (χ0) is 20.9. The predicted molar refractivity (Wildman–Crippen MR) is 106 cm³/mol. The molecule has 1 fully saturated rings. The van der Waals surface area contributed by atoms with Crippen LogP contribution >= 0.6 is 0 Å². The van der Waals surface area contributed by atoms with Crippen molar-refractivity contribution < 1.29 is 18.6 Å². The summed E-state index contributed by atoms with van der Waals surface area (Å²) in [6.45, 7) is 1.38. The van der Waals surface area contributed by atoms with Gasteiger partial charge in [-0.05, 0) is 25.0 Å². The molecule has 0 N–H and O–H groups in total. The van der Waals surface area contributed by atoms with Gasteiger partial charge in [0.2, 0.25) is 11.8 Å². The van der Waals surface area contributed by atoms with Crippen molar-refractivity contribution in [2.24, 2.45) is 0 Å². The molecule has 30 heavy (non-hydrogen) atoms. The molecule has 3 aromatic rings. The molecule has 2 aromatic heterocycles. The Labute approximate surface area is 172 Å². The van der Waals surface area contributed by atoms with E-state index in [0.717, 1.165) is 12.8 Å². The lowest BCUT2D eigenvalue weighted by Crippen LogP contribution is -2.34. The van der Waals surface area contributed by atoms with Crippen LogP contribution in [0.15, 0.2) is 36.7 Å². The SMILES string of the molecule is COc1nc(OC)nc(N2CCC(c3nccnc3Oc3ccccc3F)CC2)n1. The Bertz CT molecular complexity index is 991. The van der Waals surface area contributed by atoms with E-state index >= 15 is 0 Å². The second-order valence-corrected chi connectivity index (χ2v) is 6.65. The average molecular weight is 412 g/mol.